The normalized spacial score (nSPS) is 12.6. The van der Waals surface area contributed by atoms with Crippen molar-refractivity contribution in [2.45, 2.75) is 19.4 Å². The zero-order chi connectivity index (χ0) is 11.4. The molecule has 0 saturated carbocycles. The molecule has 1 unspecified atom stereocenters. The molecule has 1 atom stereocenters. The molecule has 3 heteroatoms. The van der Waals surface area contributed by atoms with Gasteiger partial charge in [0, 0.05) is 18.4 Å². The molecule has 2 rings (SSSR count). The summed E-state index contributed by atoms with van der Waals surface area (Å²) in [5, 5.41) is 3.34. The van der Waals surface area contributed by atoms with Crippen molar-refractivity contribution in [1.82, 2.24) is 14.9 Å². The lowest BCUT2D eigenvalue weighted by Gasteiger charge is -2.18. The number of imidazole rings is 1. The first-order chi connectivity index (χ1) is 7.86. The monoisotopic (exact) mass is 215 g/mol. The van der Waals surface area contributed by atoms with Crippen LogP contribution in [0.1, 0.15) is 24.9 Å². The summed E-state index contributed by atoms with van der Waals surface area (Å²) in [6, 6.07) is 8.81. The van der Waals surface area contributed by atoms with Gasteiger partial charge in [0.2, 0.25) is 0 Å². The standard InChI is InChI=1S/C13H17N3/c1-3-12(14-2)11-6-4-5-7-13(11)16-9-8-15-10-16/h4-10,12,14H,3H2,1-2H3. The Bertz CT molecular complexity index is 430. The van der Waals surface area contributed by atoms with Gasteiger partial charge in [0.1, 0.15) is 0 Å². The quantitative estimate of drug-likeness (QED) is 0.849. The number of rotatable bonds is 4. The predicted molar refractivity (Wildman–Crippen MR) is 65.7 cm³/mol. The Kier molecular flexibility index (Phi) is 3.37. The predicted octanol–water partition coefficient (Wildman–Crippen LogP) is 2.54. The molecule has 0 aliphatic rings. The highest BCUT2D eigenvalue weighted by atomic mass is 15.0. The molecule has 2 aromatic rings. The van der Waals surface area contributed by atoms with Crippen LogP contribution < -0.4 is 5.32 Å². The zero-order valence-electron chi connectivity index (χ0n) is 9.72. The maximum Gasteiger partial charge on any atom is 0.0991 e. The minimum absolute atomic E-state index is 0.388. The second kappa shape index (κ2) is 4.94. The van der Waals surface area contributed by atoms with Crippen LogP contribution in [0.25, 0.3) is 5.69 Å². The van der Waals surface area contributed by atoms with E-state index in [-0.39, 0.29) is 0 Å². The summed E-state index contributed by atoms with van der Waals surface area (Å²) in [6.45, 7) is 2.19. The molecule has 0 fully saturated rings. The van der Waals surface area contributed by atoms with Gasteiger partial charge >= 0.3 is 0 Å². The maximum absolute atomic E-state index is 4.09. The number of aromatic nitrogens is 2. The van der Waals surface area contributed by atoms with Gasteiger partial charge in [-0.2, -0.15) is 0 Å². The van der Waals surface area contributed by atoms with Crippen molar-refractivity contribution in [3.8, 4) is 5.69 Å². The van der Waals surface area contributed by atoms with Crippen LogP contribution in [0.5, 0.6) is 0 Å². The van der Waals surface area contributed by atoms with Crippen LogP contribution in [0, 0.1) is 0 Å². The Morgan fingerprint density at radius 2 is 2.19 bits per heavy atom. The molecule has 1 aromatic carbocycles. The summed E-state index contributed by atoms with van der Waals surface area (Å²) >= 11 is 0. The lowest BCUT2D eigenvalue weighted by molar-refractivity contribution is 0.574. The fourth-order valence-electron chi connectivity index (χ4n) is 2.00. The van der Waals surface area contributed by atoms with Gasteiger partial charge in [-0.3, -0.25) is 0 Å². The van der Waals surface area contributed by atoms with Gasteiger partial charge in [-0.05, 0) is 25.1 Å². The number of benzene rings is 1. The zero-order valence-corrected chi connectivity index (χ0v) is 9.72. The lowest BCUT2D eigenvalue weighted by Crippen LogP contribution is -2.17. The van der Waals surface area contributed by atoms with Crippen LogP contribution in [0.2, 0.25) is 0 Å². The molecule has 0 aliphatic carbocycles. The van der Waals surface area contributed by atoms with E-state index in [4.69, 9.17) is 0 Å². The average molecular weight is 215 g/mol. The Labute approximate surface area is 96.1 Å². The van der Waals surface area contributed by atoms with Crippen molar-refractivity contribution in [3.05, 3.63) is 48.5 Å². The molecule has 0 spiro atoms. The minimum Gasteiger partial charge on any atom is -0.313 e. The van der Waals surface area contributed by atoms with Crippen molar-refractivity contribution in [1.29, 1.82) is 0 Å². The second-order valence-electron chi connectivity index (χ2n) is 3.78. The van der Waals surface area contributed by atoms with Gasteiger partial charge in [0.25, 0.3) is 0 Å². The summed E-state index contributed by atoms with van der Waals surface area (Å²) in [6.07, 6.45) is 6.68. The molecule has 1 N–H and O–H groups in total. The molecule has 0 radical (unpaired) electrons. The first-order valence-electron chi connectivity index (χ1n) is 5.61. The molecule has 0 saturated heterocycles. The van der Waals surface area contributed by atoms with Crippen LogP contribution >= 0.6 is 0 Å². The second-order valence-corrected chi connectivity index (χ2v) is 3.78. The number of hydrogen-bond acceptors (Lipinski definition) is 2. The third-order valence-electron chi connectivity index (χ3n) is 2.85. The van der Waals surface area contributed by atoms with E-state index in [9.17, 15) is 0 Å². The number of para-hydroxylation sites is 1. The molecular formula is C13H17N3. The van der Waals surface area contributed by atoms with Gasteiger partial charge in [0.05, 0.1) is 12.0 Å². The van der Waals surface area contributed by atoms with Crippen LogP contribution in [0.4, 0.5) is 0 Å². The van der Waals surface area contributed by atoms with Gasteiger partial charge in [-0.1, -0.05) is 25.1 Å². The molecule has 16 heavy (non-hydrogen) atoms. The molecule has 84 valence electrons. The Balaban J connectivity index is 2.45. The largest absolute Gasteiger partial charge is 0.313 e. The van der Waals surface area contributed by atoms with Crippen molar-refractivity contribution in [2.24, 2.45) is 0 Å². The average Bonchev–Trinajstić information content (AvgIpc) is 2.85. The van der Waals surface area contributed by atoms with Crippen molar-refractivity contribution in [2.75, 3.05) is 7.05 Å². The Morgan fingerprint density at radius 1 is 1.38 bits per heavy atom. The SMILES string of the molecule is CCC(NC)c1ccccc1-n1ccnc1. The van der Waals surface area contributed by atoms with Gasteiger partial charge in [0.15, 0.2) is 0 Å². The van der Waals surface area contributed by atoms with Gasteiger partial charge in [-0.15, -0.1) is 0 Å². The number of hydrogen-bond donors (Lipinski definition) is 1. The van der Waals surface area contributed by atoms with Crippen molar-refractivity contribution < 1.29 is 0 Å². The minimum atomic E-state index is 0.388. The van der Waals surface area contributed by atoms with Gasteiger partial charge in [-0.25, -0.2) is 4.98 Å². The third kappa shape index (κ3) is 1.99. The smallest absolute Gasteiger partial charge is 0.0991 e. The highest BCUT2D eigenvalue weighted by Crippen LogP contribution is 2.23. The first kappa shape index (κ1) is 10.9. The molecule has 3 nitrogen and oxygen atoms in total. The number of nitrogens with one attached hydrogen (secondary N) is 1. The summed E-state index contributed by atoms with van der Waals surface area (Å²) in [5.74, 6) is 0. The molecular weight excluding hydrogens is 198 g/mol. The fraction of sp³-hybridized carbons (Fsp3) is 0.308. The fourth-order valence-corrected chi connectivity index (χ4v) is 2.00. The van der Waals surface area contributed by atoms with Crippen LogP contribution in [-0.2, 0) is 0 Å². The molecule has 1 heterocycles. The third-order valence-corrected chi connectivity index (χ3v) is 2.85. The van der Waals surface area contributed by atoms with Crippen molar-refractivity contribution in [3.63, 3.8) is 0 Å². The van der Waals surface area contributed by atoms with E-state index < -0.39 is 0 Å². The Morgan fingerprint density at radius 3 is 2.81 bits per heavy atom. The van der Waals surface area contributed by atoms with Gasteiger partial charge < -0.3 is 9.88 Å². The first-order valence-corrected chi connectivity index (χ1v) is 5.61. The molecule has 0 amide bonds. The molecule has 0 aliphatic heterocycles. The Hall–Kier alpha value is -1.61. The molecule has 0 bridgehead atoms. The lowest BCUT2D eigenvalue weighted by atomic mass is 10.0. The van der Waals surface area contributed by atoms with E-state index in [0.29, 0.717) is 6.04 Å². The van der Waals surface area contributed by atoms with E-state index in [2.05, 4.69) is 46.1 Å². The van der Waals surface area contributed by atoms with Crippen molar-refractivity contribution >= 4 is 0 Å². The summed E-state index contributed by atoms with van der Waals surface area (Å²) in [7, 11) is 2.00. The summed E-state index contributed by atoms with van der Waals surface area (Å²) < 4.78 is 2.05. The van der Waals surface area contributed by atoms with E-state index in [1.54, 1.807) is 6.20 Å². The highest BCUT2D eigenvalue weighted by Gasteiger charge is 2.11. The van der Waals surface area contributed by atoms with E-state index in [1.165, 1.54) is 11.3 Å². The number of nitrogens with zero attached hydrogens (tertiary/aromatic N) is 2. The summed E-state index contributed by atoms with van der Waals surface area (Å²) in [4.78, 5) is 4.09. The van der Waals surface area contributed by atoms with E-state index in [0.717, 1.165) is 6.42 Å². The molecule has 1 aromatic heterocycles. The van der Waals surface area contributed by atoms with E-state index >= 15 is 0 Å². The van der Waals surface area contributed by atoms with Crippen LogP contribution in [0.3, 0.4) is 0 Å². The highest BCUT2D eigenvalue weighted by molar-refractivity contribution is 5.42. The van der Waals surface area contributed by atoms with Crippen LogP contribution in [-0.4, -0.2) is 16.6 Å². The van der Waals surface area contributed by atoms with E-state index in [1.807, 2.05) is 19.6 Å². The summed E-state index contributed by atoms with van der Waals surface area (Å²) in [5.41, 5.74) is 2.51. The topological polar surface area (TPSA) is 29.9 Å². The maximum atomic E-state index is 4.09. The van der Waals surface area contributed by atoms with Crippen LogP contribution in [0.15, 0.2) is 43.0 Å².